The minimum atomic E-state index is -3.71. The molecule has 0 bridgehead atoms. The van der Waals surface area contributed by atoms with Crippen LogP contribution in [0, 0.1) is 0 Å². The Labute approximate surface area is 183 Å². The van der Waals surface area contributed by atoms with E-state index in [1.807, 2.05) is 0 Å². The van der Waals surface area contributed by atoms with Crippen LogP contribution in [0.3, 0.4) is 0 Å². The van der Waals surface area contributed by atoms with Gasteiger partial charge in [-0.05, 0) is 48.6 Å². The van der Waals surface area contributed by atoms with Crippen LogP contribution >= 0.6 is 11.3 Å². The van der Waals surface area contributed by atoms with Crippen molar-refractivity contribution in [2.24, 2.45) is 0 Å². The number of anilines is 1. The zero-order chi connectivity index (χ0) is 21.8. The van der Waals surface area contributed by atoms with E-state index in [0.717, 1.165) is 29.9 Å². The van der Waals surface area contributed by atoms with Gasteiger partial charge in [-0.1, -0.05) is 0 Å². The maximum atomic E-state index is 12.8. The van der Waals surface area contributed by atoms with Crippen molar-refractivity contribution < 1.29 is 18.0 Å². The highest BCUT2D eigenvalue weighted by atomic mass is 32.2. The van der Waals surface area contributed by atoms with Crippen molar-refractivity contribution in [3.05, 3.63) is 53.2 Å². The average molecular weight is 461 g/mol. The first kappa shape index (κ1) is 21.2. The van der Waals surface area contributed by atoms with Crippen molar-refractivity contribution >= 4 is 38.9 Å². The summed E-state index contributed by atoms with van der Waals surface area (Å²) in [7, 11) is -3.71. The maximum absolute atomic E-state index is 12.8. The topological polar surface area (TPSA) is 126 Å². The fraction of sp³-hybridized carbons (Fsp3) is 0.263. The lowest BCUT2D eigenvalue weighted by molar-refractivity contribution is -0.115. The van der Waals surface area contributed by atoms with Gasteiger partial charge in [-0.3, -0.25) is 9.59 Å². The van der Waals surface area contributed by atoms with E-state index >= 15 is 0 Å². The number of benzene rings is 1. The van der Waals surface area contributed by atoms with E-state index in [2.05, 4.69) is 20.7 Å². The first-order valence-corrected chi connectivity index (χ1v) is 11.9. The van der Waals surface area contributed by atoms with Crippen LogP contribution in [-0.2, 0) is 14.8 Å². The molecule has 1 fully saturated rings. The number of hydrogen-bond acceptors (Lipinski definition) is 7. The molecule has 0 saturated carbocycles. The Balaban J connectivity index is 1.35. The van der Waals surface area contributed by atoms with Gasteiger partial charge in [0.15, 0.2) is 0 Å². The van der Waals surface area contributed by atoms with Gasteiger partial charge in [0.25, 0.3) is 5.91 Å². The summed E-state index contributed by atoms with van der Waals surface area (Å²) in [6.45, 7) is 0.624. The number of hydrogen-bond donors (Lipinski definition) is 2. The lowest BCUT2D eigenvalue weighted by Gasteiger charge is -2.15. The summed E-state index contributed by atoms with van der Waals surface area (Å²) >= 11 is 1.04. The monoisotopic (exact) mass is 460 g/mol. The summed E-state index contributed by atoms with van der Waals surface area (Å²) in [6.07, 6.45) is 4.61. The van der Waals surface area contributed by atoms with E-state index in [4.69, 9.17) is 0 Å². The Hall–Kier alpha value is -3.09. The summed E-state index contributed by atoms with van der Waals surface area (Å²) in [5.74, 6) is -1.02. The van der Waals surface area contributed by atoms with Crippen LogP contribution < -0.4 is 10.6 Å². The molecular weight excluding hydrogens is 440 g/mol. The minimum Gasteiger partial charge on any atom is -0.342 e. The third-order valence-corrected chi connectivity index (χ3v) is 7.75. The van der Waals surface area contributed by atoms with Gasteiger partial charge in [-0.25, -0.2) is 18.1 Å². The second-order valence-electron chi connectivity index (χ2n) is 6.84. The van der Waals surface area contributed by atoms with Crippen molar-refractivity contribution in [3.63, 3.8) is 0 Å². The highest BCUT2D eigenvalue weighted by molar-refractivity contribution is 7.89. The molecule has 1 aliphatic rings. The van der Waals surface area contributed by atoms with Crippen molar-refractivity contribution in [3.8, 4) is 5.69 Å². The molecule has 0 atom stereocenters. The van der Waals surface area contributed by atoms with Crippen LogP contribution in [0.2, 0.25) is 0 Å². The van der Waals surface area contributed by atoms with Gasteiger partial charge < -0.3 is 10.6 Å². The molecule has 1 aliphatic heterocycles. The molecule has 0 aliphatic carbocycles. The maximum Gasteiger partial charge on any atom is 0.263 e. The summed E-state index contributed by atoms with van der Waals surface area (Å²) in [5, 5.41) is 10.8. The predicted octanol–water partition coefficient (Wildman–Crippen LogP) is 1.48. The number of nitrogens with one attached hydrogen (secondary N) is 2. The lowest BCUT2D eigenvalue weighted by Crippen LogP contribution is -2.34. The van der Waals surface area contributed by atoms with Crippen molar-refractivity contribution in [2.75, 3.05) is 25.0 Å². The third kappa shape index (κ3) is 4.65. The van der Waals surface area contributed by atoms with Crippen LogP contribution in [0.25, 0.3) is 5.69 Å². The second kappa shape index (κ2) is 8.96. The molecule has 31 heavy (non-hydrogen) atoms. The summed E-state index contributed by atoms with van der Waals surface area (Å²) in [4.78, 5) is 28.7. The fourth-order valence-corrected chi connectivity index (χ4v) is 6.05. The Morgan fingerprint density at radius 2 is 1.84 bits per heavy atom. The van der Waals surface area contributed by atoms with Gasteiger partial charge in [0.05, 0.1) is 12.2 Å². The minimum absolute atomic E-state index is 0.0130. The number of sulfonamides is 1. The molecule has 4 rings (SSSR count). The predicted molar refractivity (Wildman–Crippen MR) is 115 cm³/mol. The van der Waals surface area contributed by atoms with Crippen molar-refractivity contribution in [1.82, 2.24) is 24.4 Å². The smallest absolute Gasteiger partial charge is 0.263 e. The standard InChI is InChI=1S/C19H20N6O4S2/c26-17(23-14-3-5-15(6-4-14)25-13-20-12-22-25)11-21-19(27)18-16(7-10-30-18)31(28,29)24-8-1-2-9-24/h3-7,10,12-13H,1-2,8-9,11H2,(H,21,27)(H,23,26). The van der Waals surface area contributed by atoms with Crippen LogP contribution in [0.1, 0.15) is 22.5 Å². The molecular formula is C19H20N6O4S2. The quantitative estimate of drug-likeness (QED) is 0.550. The Kier molecular flexibility index (Phi) is 6.11. The number of thiophene rings is 1. The molecule has 10 nitrogen and oxygen atoms in total. The molecule has 1 saturated heterocycles. The van der Waals surface area contributed by atoms with Crippen LogP contribution in [-0.4, -0.2) is 58.9 Å². The number of carbonyl (C=O) groups is 2. The van der Waals surface area contributed by atoms with Gasteiger partial charge in [-0.2, -0.15) is 9.40 Å². The molecule has 2 aromatic heterocycles. The number of nitrogens with zero attached hydrogens (tertiary/aromatic N) is 4. The highest BCUT2D eigenvalue weighted by Crippen LogP contribution is 2.27. The Morgan fingerprint density at radius 3 is 2.52 bits per heavy atom. The molecule has 3 aromatic rings. The zero-order valence-electron chi connectivity index (χ0n) is 16.4. The largest absolute Gasteiger partial charge is 0.342 e. The van der Waals surface area contributed by atoms with E-state index in [9.17, 15) is 18.0 Å². The molecule has 2 amide bonds. The lowest BCUT2D eigenvalue weighted by atomic mass is 10.3. The molecule has 12 heteroatoms. The number of aromatic nitrogens is 3. The Morgan fingerprint density at radius 1 is 1.10 bits per heavy atom. The second-order valence-corrected chi connectivity index (χ2v) is 9.67. The van der Waals surface area contributed by atoms with E-state index in [1.165, 1.54) is 16.7 Å². The molecule has 0 spiro atoms. The van der Waals surface area contributed by atoms with Gasteiger partial charge in [0, 0.05) is 18.8 Å². The van der Waals surface area contributed by atoms with Crippen molar-refractivity contribution in [2.45, 2.75) is 17.7 Å². The molecule has 0 radical (unpaired) electrons. The normalized spacial score (nSPS) is 14.5. The Bertz CT molecular complexity index is 1170. The van der Waals surface area contributed by atoms with Gasteiger partial charge in [-0.15, -0.1) is 11.3 Å². The fourth-order valence-electron chi connectivity index (χ4n) is 3.22. The summed E-state index contributed by atoms with van der Waals surface area (Å²) in [5.41, 5.74) is 1.34. The van der Waals surface area contributed by atoms with Gasteiger partial charge in [0.1, 0.15) is 22.4 Å². The zero-order valence-corrected chi connectivity index (χ0v) is 18.0. The average Bonchev–Trinajstić information content (AvgIpc) is 3.54. The van der Waals surface area contributed by atoms with Crippen molar-refractivity contribution in [1.29, 1.82) is 0 Å². The molecule has 0 unspecified atom stereocenters. The molecule has 3 heterocycles. The number of amides is 2. The molecule has 2 N–H and O–H groups in total. The SMILES string of the molecule is O=C(CNC(=O)c1sccc1S(=O)(=O)N1CCCC1)Nc1ccc(-n2cncn2)cc1. The van der Waals surface area contributed by atoms with E-state index < -0.39 is 21.8 Å². The summed E-state index contributed by atoms with van der Waals surface area (Å²) in [6, 6.07) is 8.38. The number of carbonyl (C=O) groups excluding carboxylic acids is 2. The molecule has 162 valence electrons. The third-order valence-electron chi connectivity index (χ3n) is 4.76. The van der Waals surface area contributed by atoms with E-state index in [-0.39, 0.29) is 16.3 Å². The highest BCUT2D eigenvalue weighted by Gasteiger charge is 2.31. The summed E-state index contributed by atoms with van der Waals surface area (Å²) < 4.78 is 28.5. The van der Waals surface area contributed by atoms with Gasteiger partial charge >= 0.3 is 0 Å². The molecule has 1 aromatic carbocycles. The van der Waals surface area contributed by atoms with Gasteiger partial charge in [0.2, 0.25) is 15.9 Å². The van der Waals surface area contributed by atoms with Crippen LogP contribution in [0.4, 0.5) is 5.69 Å². The van der Waals surface area contributed by atoms with Crippen LogP contribution in [0.15, 0.2) is 53.3 Å². The van der Waals surface area contributed by atoms with E-state index in [0.29, 0.717) is 18.8 Å². The number of rotatable bonds is 7. The first-order chi connectivity index (χ1) is 14.9. The van der Waals surface area contributed by atoms with Crippen LogP contribution in [0.5, 0.6) is 0 Å². The first-order valence-electron chi connectivity index (χ1n) is 9.56. The van der Waals surface area contributed by atoms with E-state index in [1.54, 1.807) is 40.7 Å².